The predicted octanol–water partition coefficient (Wildman–Crippen LogP) is 2.45. The number of hydrogen-bond donors (Lipinski definition) is 1. The molecule has 0 radical (unpaired) electrons. The van der Waals surface area contributed by atoms with E-state index in [0.29, 0.717) is 38.4 Å². The van der Waals surface area contributed by atoms with Gasteiger partial charge in [-0.3, -0.25) is 9.59 Å². The van der Waals surface area contributed by atoms with Gasteiger partial charge in [-0.05, 0) is 43.7 Å². The fourth-order valence-corrected chi connectivity index (χ4v) is 4.05. The number of likely N-dealkylation sites (tertiary alicyclic amines) is 1. The third-order valence-corrected chi connectivity index (χ3v) is 5.48. The molecule has 1 aliphatic carbocycles. The Hall–Kier alpha value is -1.88. The normalized spacial score (nSPS) is 21.7. The lowest BCUT2D eigenvalue weighted by molar-refractivity contribution is -0.149. The molecule has 1 amide bonds. The Morgan fingerprint density at radius 3 is 2.68 bits per heavy atom. The van der Waals surface area contributed by atoms with Crippen molar-refractivity contribution in [2.75, 3.05) is 20.2 Å². The Bertz CT molecular complexity index is 623. The maximum Gasteiger partial charge on any atom is 0.308 e. The van der Waals surface area contributed by atoms with Gasteiger partial charge in [0.15, 0.2) is 0 Å². The Morgan fingerprint density at radius 2 is 1.96 bits per heavy atom. The summed E-state index contributed by atoms with van der Waals surface area (Å²) in [6, 6.07) is 9.04. The van der Waals surface area contributed by atoms with Crippen molar-refractivity contribution in [3.05, 3.63) is 35.4 Å². The Morgan fingerprint density at radius 1 is 1.24 bits per heavy atom. The second-order valence-corrected chi connectivity index (χ2v) is 7.24. The summed E-state index contributed by atoms with van der Waals surface area (Å²) >= 11 is 0. The Kier molecular flexibility index (Phi) is 5.74. The average Bonchev–Trinajstić information content (AvgIpc) is 3.04. The van der Waals surface area contributed by atoms with E-state index in [-0.39, 0.29) is 23.8 Å². The summed E-state index contributed by atoms with van der Waals surface area (Å²) in [6.07, 6.45) is 4.12. The number of fused-ring (bicyclic) bond motifs is 1. The quantitative estimate of drug-likeness (QED) is 0.834. The first kappa shape index (κ1) is 17.9. The van der Waals surface area contributed by atoms with E-state index in [4.69, 9.17) is 4.74 Å². The molecule has 136 valence electrons. The predicted molar refractivity (Wildman–Crippen MR) is 96.0 cm³/mol. The number of methoxy groups -OCH3 is 1. The van der Waals surface area contributed by atoms with Gasteiger partial charge in [-0.25, -0.2) is 0 Å². The van der Waals surface area contributed by atoms with Crippen molar-refractivity contribution in [1.82, 2.24) is 10.2 Å². The summed E-state index contributed by atoms with van der Waals surface area (Å²) in [7, 11) is 1.42. The van der Waals surface area contributed by atoms with Gasteiger partial charge in [0.05, 0.1) is 13.0 Å². The molecule has 1 heterocycles. The molecule has 1 aliphatic heterocycles. The average molecular weight is 344 g/mol. The fraction of sp³-hybridized carbons (Fsp3) is 0.600. The molecule has 1 aromatic rings. The lowest BCUT2D eigenvalue weighted by Crippen LogP contribution is -2.43. The molecule has 1 aromatic carbocycles. The van der Waals surface area contributed by atoms with Crippen LogP contribution in [-0.4, -0.2) is 43.0 Å². The van der Waals surface area contributed by atoms with Crippen LogP contribution >= 0.6 is 0 Å². The first-order valence-corrected chi connectivity index (χ1v) is 9.28. The molecule has 5 heteroatoms. The lowest BCUT2D eigenvalue weighted by atomic mass is 9.96. The third-order valence-electron chi connectivity index (χ3n) is 5.48. The highest BCUT2D eigenvalue weighted by Crippen LogP contribution is 2.31. The number of carbonyl (C=O) groups excluding carboxylic acids is 2. The molecule has 25 heavy (non-hydrogen) atoms. The molecule has 3 rings (SSSR count). The van der Waals surface area contributed by atoms with Crippen LogP contribution in [0.4, 0.5) is 0 Å². The maximum absolute atomic E-state index is 12.5. The number of esters is 1. The van der Waals surface area contributed by atoms with E-state index in [2.05, 4.69) is 36.5 Å². The van der Waals surface area contributed by atoms with Crippen molar-refractivity contribution in [2.24, 2.45) is 5.92 Å². The highest BCUT2D eigenvalue weighted by molar-refractivity contribution is 5.77. The smallest absolute Gasteiger partial charge is 0.308 e. The van der Waals surface area contributed by atoms with Crippen molar-refractivity contribution in [3.8, 4) is 0 Å². The van der Waals surface area contributed by atoms with Crippen molar-refractivity contribution in [2.45, 2.75) is 51.1 Å². The van der Waals surface area contributed by atoms with Gasteiger partial charge in [-0.1, -0.05) is 24.3 Å². The van der Waals surface area contributed by atoms with Crippen LogP contribution in [0.25, 0.3) is 0 Å². The molecular formula is C20H28N2O3. The standard InChI is InChI=1S/C20H28N2O3/c1-14(21-18-8-7-15-5-3-4-6-17(15)18)13-19(23)22-11-9-16(10-12-22)20(24)25-2/h3-6,14,16,18,21H,7-13H2,1-2H3. The van der Waals surface area contributed by atoms with Crippen molar-refractivity contribution in [1.29, 1.82) is 0 Å². The van der Waals surface area contributed by atoms with Crippen LogP contribution < -0.4 is 5.32 Å². The highest BCUT2D eigenvalue weighted by atomic mass is 16.5. The Balaban J connectivity index is 1.47. The van der Waals surface area contributed by atoms with Crippen LogP contribution in [0.2, 0.25) is 0 Å². The summed E-state index contributed by atoms with van der Waals surface area (Å²) in [6.45, 7) is 3.38. The number of piperidine rings is 1. The molecule has 1 fully saturated rings. The lowest BCUT2D eigenvalue weighted by Gasteiger charge is -2.32. The van der Waals surface area contributed by atoms with Crippen LogP contribution in [0.5, 0.6) is 0 Å². The highest BCUT2D eigenvalue weighted by Gasteiger charge is 2.29. The number of ether oxygens (including phenoxy) is 1. The van der Waals surface area contributed by atoms with Crippen molar-refractivity contribution >= 4 is 11.9 Å². The molecule has 2 aliphatic rings. The second kappa shape index (κ2) is 8.00. The van der Waals surface area contributed by atoms with Crippen LogP contribution in [0, 0.1) is 5.92 Å². The van der Waals surface area contributed by atoms with Gasteiger partial charge < -0.3 is 15.0 Å². The largest absolute Gasteiger partial charge is 0.469 e. The van der Waals surface area contributed by atoms with Crippen LogP contribution in [0.15, 0.2) is 24.3 Å². The minimum absolute atomic E-state index is 0.0559. The fourth-order valence-electron chi connectivity index (χ4n) is 4.05. The van der Waals surface area contributed by atoms with Gasteiger partial charge in [0.25, 0.3) is 0 Å². The summed E-state index contributed by atoms with van der Waals surface area (Å²) in [5.41, 5.74) is 2.80. The molecule has 2 unspecified atom stereocenters. The number of rotatable bonds is 5. The number of hydrogen-bond acceptors (Lipinski definition) is 4. The number of nitrogens with zero attached hydrogens (tertiary/aromatic N) is 1. The zero-order valence-electron chi connectivity index (χ0n) is 15.2. The van der Waals surface area contributed by atoms with E-state index in [1.54, 1.807) is 0 Å². The van der Waals surface area contributed by atoms with Gasteiger partial charge in [0.2, 0.25) is 5.91 Å². The van der Waals surface area contributed by atoms with Gasteiger partial charge in [-0.15, -0.1) is 0 Å². The first-order chi connectivity index (χ1) is 12.1. The molecule has 2 atom stereocenters. The van der Waals surface area contributed by atoms with Crippen LogP contribution in [-0.2, 0) is 20.7 Å². The number of nitrogens with one attached hydrogen (secondary N) is 1. The SMILES string of the molecule is COC(=O)C1CCN(C(=O)CC(C)NC2CCc3ccccc32)CC1. The minimum Gasteiger partial charge on any atom is -0.469 e. The topological polar surface area (TPSA) is 58.6 Å². The van der Waals surface area contributed by atoms with E-state index in [1.807, 2.05) is 4.90 Å². The van der Waals surface area contributed by atoms with Gasteiger partial charge >= 0.3 is 5.97 Å². The van der Waals surface area contributed by atoms with Crippen molar-refractivity contribution in [3.63, 3.8) is 0 Å². The first-order valence-electron chi connectivity index (χ1n) is 9.28. The van der Waals surface area contributed by atoms with Crippen molar-refractivity contribution < 1.29 is 14.3 Å². The van der Waals surface area contributed by atoms with E-state index in [0.717, 1.165) is 12.8 Å². The van der Waals surface area contributed by atoms with Gasteiger partial charge in [-0.2, -0.15) is 0 Å². The minimum atomic E-state index is -0.151. The van der Waals surface area contributed by atoms with E-state index in [9.17, 15) is 9.59 Å². The third kappa shape index (κ3) is 4.21. The molecule has 1 saturated heterocycles. The summed E-state index contributed by atoms with van der Waals surface area (Å²) in [5, 5.41) is 3.62. The maximum atomic E-state index is 12.5. The van der Waals surface area contributed by atoms with E-state index in [1.165, 1.54) is 18.2 Å². The molecule has 0 spiro atoms. The zero-order valence-corrected chi connectivity index (χ0v) is 15.2. The summed E-state index contributed by atoms with van der Waals surface area (Å²) in [5.74, 6) is -0.0313. The molecule has 0 saturated carbocycles. The van der Waals surface area contributed by atoms with Gasteiger partial charge in [0, 0.05) is 31.6 Å². The summed E-state index contributed by atoms with van der Waals surface area (Å²) < 4.78 is 4.80. The number of carbonyl (C=O) groups is 2. The molecule has 5 nitrogen and oxygen atoms in total. The Labute approximate surface area is 149 Å². The zero-order chi connectivity index (χ0) is 17.8. The molecule has 0 aromatic heterocycles. The van der Waals surface area contributed by atoms with Crippen LogP contribution in [0.3, 0.4) is 0 Å². The number of benzene rings is 1. The van der Waals surface area contributed by atoms with Crippen LogP contribution in [0.1, 0.15) is 49.8 Å². The molecule has 0 bridgehead atoms. The molecular weight excluding hydrogens is 316 g/mol. The van der Waals surface area contributed by atoms with E-state index >= 15 is 0 Å². The number of aryl methyl sites for hydroxylation is 1. The summed E-state index contributed by atoms with van der Waals surface area (Å²) in [4.78, 5) is 26.0. The van der Waals surface area contributed by atoms with Gasteiger partial charge in [0.1, 0.15) is 0 Å². The van der Waals surface area contributed by atoms with E-state index < -0.39 is 0 Å². The second-order valence-electron chi connectivity index (χ2n) is 7.24. The monoisotopic (exact) mass is 344 g/mol. The number of amides is 1. The molecule has 1 N–H and O–H groups in total.